The van der Waals surface area contributed by atoms with Gasteiger partial charge in [-0.2, -0.15) is 0 Å². The van der Waals surface area contributed by atoms with Crippen LogP contribution < -0.4 is 10.1 Å². The van der Waals surface area contributed by atoms with E-state index in [2.05, 4.69) is 24.1 Å². The van der Waals surface area contributed by atoms with Crippen LogP contribution in [-0.2, 0) is 13.2 Å². The molecule has 148 valence electrons. The molecular formula is C20H28ClN3O2S. The van der Waals surface area contributed by atoms with Gasteiger partial charge in [0.1, 0.15) is 17.4 Å². The Morgan fingerprint density at radius 2 is 2.00 bits per heavy atom. The van der Waals surface area contributed by atoms with Crippen LogP contribution in [0.4, 0.5) is 4.79 Å². The lowest BCUT2D eigenvalue weighted by atomic mass is 10.1. The van der Waals surface area contributed by atoms with Gasteiger partial charge in [-0.3, -0.25) is 0 Å². The minimum Gasteiger partial charge on any atom is -0.486 e. The van der Waals surface area contributed by atoms with Crippen LogP contribution >= 0.6 is 22.9 Å². The first kappa shape index (κ1) is 21.5. The molecule has 2 aromatic rings. The van der Waals surface area contributed by atoms with Crippen molar-refractivity contribution in [2.24, 2.45) is 0 Å². The van der Waals surface area contributed by atoms with Crippen LogP contribution in [0.15, 0.2) is 29.6 Å². The summed E-state index contributed by atoms with van der Waals surface area (Å²) in [5.41, 5.74) is 0.599. The van der Waals surface area contributed by atoms with Gasteiger partial charge < -0.3 is 15.0 Å². The van der Waals surface area contributed by atoms with Gasteiger partial charge >= 0.3 is 6.03 Å². The summed E-state index contributed by atoms with van der Waals surface area (Å²) in [6.07, 6.45) is 0.883. The number of halogens is 1. The Hall–Kier alpha value is -1.79. The molecule has 0 saturated carbocycles. The lowest BCUT2D eigenvalue weighted by molar-refractivity contribution is 0.164. The fourth-order valence-corrected chi connectivity index (χ4v) is 3.20. The highest BCUT2D eigenvalue weighted by Crippen LogP contribution is 2.19. The van der Waals surface area contributed by atoms with Crippen LogP contribution in [0.2, 0.25) is 5.02 Å². The molecule has 1 aromatic carbocycles. The Labute approximate surface area is 170 Å². The molecular weight excluding hydrogens is 382 g/mol. The van der Waals surface area contributed by atoms with E-state index in [1.807, 2.05) is 43.2 Å². The third-order valence-corrected chi connectivity index (χ3v) is 5.10. The Bertz CT molecular complexity index is 740. The first-order chi connectivity index (χ1) is 12.7. The highest BCUT2D eigenvalue weighted by molar-refractivity contribution is 7.09. The molecule has 1 heterocycles. The van der Waals surface area contributed by atoms with Crippen LogP contribution in [-0.4, -0.2) is 27.5 Å². The van der Waals surface area contributed by atoms with Crippen molar-refractivity contribution >= 4 is 29.0 Å². The molecule has 0 saturated heterocycles. The molecule has 0 aliphatic rings. The molecule has 7 heteroatoms. The average Bonchev–Trinajstić information content (AvgIpc) is 3.04. The SMILES string of the molecule is CC[C@@H](C)N(Cc1csc(COc2ccc(Cl)cc2)n1)C(=O)NC(C)(C)C. The van der Waals surface area contributed by atoms with Gasteiger partial charge in [-0.1, -0.05) is 18.5 Å². The molecule has 2 rings (SSSR count). The van der Waals surface area contributed by atoms with Crippen LogP contribution in [0.1, 0.15) is 51.7 Å². The number of benzene rings is 1. The number of hydrogen-bond donors (Lipinski definition) is 1. The maximum absolute atomic E-state index is 12.7. The number of thiazole rings is 1. The fourth-order valence-electron chi connectivity index (χ4n) is 2.38. The summed E-state index contributed by atoms with van der Waals surface area (Å²) < 4.78 is 5.74. The molecule has 1 atom stereocenters. The van der Waals surface area contributed by atoms with Crippen molar-refractivity contribution in [3.63, 3.8) is 0 Å². The average molecular weight is 410 g/mol. The monoisotopic (exact) mass is 409 g/mol. The van der Waals surface area contributed by atoms with E-state index >= 15 is 0 Å². The molecule has 0 unspecified atom stereocenters. The Kier molecular flexibility index (Phi) is 7.50. The molecule has 27 heavy (non-hydrogen) atoms. The van der Waals surface area contributed by atoms with Crippen LogP contribution in [0.5, 0.6) is 5.75 Å². The number of carbonyl (C=O) groups excluding carboxylic acids is 1. The molecule has 0 fully saturated rings. The second-order valence-electron chi connectivity index (χ2n) is 7.54. The minimum absolute atomic E-state index is 0.0659. The maximum Gasteiger partial charge on any atom is 0.318 e. The van der Waals surface area contributed by atoms with E-state index in [9.17, 15) is 4.79 Å². The zero-order chi connectivity index (χ0) is 20.0. The number of hydrogen-bond acceptors (Lipinski definition) is 4. The molecule has 1 N–H and O–H groups in total. The van der Waals surface area contributed by atoms with Gasteiger partial charge in [0.05, 0.1) is 12.2 Å². The summed E-state index contributed by atoms with van der Waals surface area (Å²) in [5.74, 6) is 0.752. The third kappa shape index (κ3) is 7.03. The van der Waals surface area contributed by atoms with Gasteiger partial charge in [0.2, 0.25) is 0 Å². The molecule has 0 aliphatic heterocycles. The van der Waals surface area contributed by atoms with Gasteiger partial charge in [-0.05, 0) is 58.4 Å². The van der Waals surface area contributed by atoms with E-state index < -0.39 is 0 Å². The zero-order valence-electron chi connectivity index (χ0n) is 16.6. The number of ether oxygens (including phenoxy) is 1. The van der Waals surface area contributed by atoms with Crippen molar-refractivity contribution in [2.45, 2.75) is 65.8 Å². The number of amides is 2. The smallest absolute Gasteiger partial charge is 0.318 e. The quantitative estimate of drug-likeness (QED) is 0.658. The maximum atomic E-state index is 12.7. The molecule has 1 aromatic heterocycles. The van der Waals surface area contributed by atoms with Crippen LogP contribution in [0.25, 0.3) is 0 Å². The van der Waals surface area contributed by atoms with Gasteiger partial charge in [-0.15, -0.1) is 11.3 Å². The predicted octanol–water partition coefficient (Wildman–Crippen LogP) is 5.48. The second-order valence-corrected chi connectivity index (χ2v) is 8.92. The third-order valence-electron chi connectivity index (χ3n) is 3.97. The lowest BCUT2D eigenvalue weighted by Gasteiger charge is -2.32. The van der Waals surface area contributed by atoms with E-state index in [1.54, 1.807) is 12.1 Å². The molecule has 5 nitrogen and oxygen atoms in total. The first-order valence-electron chi connectivity index (χ1n) is 9.08. The Balaban J connectivity index is 1.99. The normalized spacial score (nSPS) is 12.5. The van der Waals surface area contributed by atoms with Crippen molar-refractivity contribution in [3.05, 3.63) is 45.4 Å². The van der Waals surface area contributed by atoms with Crippen molar-refractivity contribution in [1.29, 1.82) is 0 Å². The number of nitrogens with zero attached hydrogens (tertiary/aromatic N) is 2. The summed E-state index contributed by atoms with van der Waals surface area (Å²) in [4.78, 5) is 19.1. The lowest BCUT2D eigenvalue weighted by Crippen LogP contribution is -2.50. The van der Waals surface area contributed by atoms with Gasteiger partial charge in [0.15, 0.2) is 0 Å². The molecule has 0 radical (unpaired) electrons. The van der Waals surface area contributed by atoms with E-state index in [4.69, 9.17) is 16.3 Å². The molecule has 0 bridgehead atoms. The van der Waals surface area contributed by atoms with E-state index in [0.717, 1.165) is 22.9 Å². The highest BCUT2D eigenvalue weighted by atomic mass is 35.5. The van der Waals surface area contributed by atoms with Crippen molar-refractivity contribution < 1.29 is 9.53 Å². The Morgan fingerprint density at radius 1 is 1.33 bits per heavy atom. The zero-order valence-corrected chi connectivity index (χ0v) is 18.2. The number of nitrogens with one attached hydrogen (secondary N) is 1. The topological polar surface area (TPSA) is 54.5 Å². The summed E-state index contributed by atoms with van der Waals surface area (Å²) in [6.45, 7) is 10.9. The van der Waals surface area contributed by atoms with E-state index in [-0.39, 0.29) is 17.6 Å². The number of aromatic nitrogens is 1. The number of rotatable bonds is 7. The van der Waals surface area contributed by atoms with Crippen molar-refractivity contribution in [3.8, 4) is 5.75 Å². The van der Waals surface area contributed by atoms with Crippen LogP contribution in [0, 0.1) is 0 Å². The molecule has 2 amide bonds. The number of urea groups is 1. The number of carbonyl (C=O) groups is 1. The summed E-state index contributed by atoms with van der Waals surface area (Å²) in [6, 6.07) is 7.31. The first-order valence-corrected chi connectivity index (χ1v) is 10.3. The van der Waals surface area contributed by atoms with E-state index in [1.165, 1.54) is 11.3 Å². The van der Waals surface area contributed by atoms with Crippen molar-refractivity contribution in [2.75, 3.05) is 0 Å². The predicted molar refractivity (Wildman–Crippen MR) is 111 cm³/mol. The van der Waals surface area contributed by atoms with Crippen LogP contribution in [0.3, 0.4) is 0 Å². The molecule has 0 aliphatic carbocycles. The van der Waals surface area contributed by atoms with E-state index in [0.29, 0.717) is 18.2 Å². The van der Waals surface area contributed by atoms with Gasteiger partial charge in [-0.25, -0.2) is 9.78 Å². The minimum atomic E-state index is -0.275. The standard InChI is InChI=1S/C20H28ClN3O2S/c1-6-14(2)24(19(25)23-20(3,4)5)11-16-13-27-18(22-16)12-26-17-9-7-15(21)8-10-17/h7-10,13-14H,6,11-12H2,1-5H3,(H,23,25)/t14-/m1/s1. The van der Waals surface area contributed by atoms with Gasteiger partial charge in [0.25, 0.3) is 0 Å². The second kappa shape index (κ2) is 9.42. The summed E-state index contributed by atoms with van der Waals surface area (Å²) in [7, 11) is 0. The Morgan fingerprint density at radius 3 is 2.59 bits per heavy atom. The van der Waals surface area contributed by atoms with Crippen molar-refractivity contribution in [1.82, 2.24) is 15.2 Å². The largest absolute Gasteiger partial charge is 0.486 e. The van der Waals surface area contributed by atoms with Gasteiger partial charge in [0, 0.05) is 22.0 Å². The summed E-state index contributed by atoms with van der Waals surface area (Å²) in [5, 5.41) is 6.58. The summed E-state index contributed by atoms with van der Waals surface area (Å²) >= 11 is 7.42. The fraction of sp³-hybridized carbons (Fsp3) is 0.500. The molecule has 0 spiro atoms. The highest BCUT2D eigenvalue weighted by Gasteiger charge is 2.24.